The Bertz CT molecular complexity index is 1250. The second kappa shape index (κ2) is 8.01. The zero-order valence-electron chi connectivity index (χ0n) is 17.5. The summed E-state index contributed by atoms with van der Waals surface area (Å²) < 4.78 is 12.9. The number of ether oxygens (including phenoxy) is 2. The van der Waals surface area contributed by atoms with Crippen molar-refractivity contribution in [3.63, 3.8) is 0 Å². The minimum Gasteiger partial charge on any atom is -0.490 e. The molecule has 162 valence electrons. The zero-order valence-corrected chi connectivity index (χ0v) is 17.5. The lowest BCUT2D eigenvalue weighted by Crippen LogP contribution is -2.36. The molecule has 2 aliphatic heterocycles. The highest BCUT2D eigenvalue weighted by Crippen LogP contribution is 2.33. The van der Waals surface area contributed by atoms with Crippen molar-refractivity contribution in [2.45, 2.75) is 0 Å². The maximum absolute atomic E-state index is 5.70. The fraction of sp³-hybridized carbons (Fsp3) is 0.261. The van der Waals surface area contributed by atoms with Crippen molar-refractivity contribution >= 4 is 28.7 Å². The van der Waals surface area contributed by atoms with Gasteiger partial charge in [0.25, 0.3) is 0 Å². The van der Waals surface area contributed by atoms with Crippen LogP contribution in [0.2, 0.25) is 0 Å². The van der Waals surface area contributed by atoms with Crippen LogP contribution in [0.15, 0.2) is 54.9 Å². The van der Waals surface area contributed by atoms with Gasteiger partial charge in [-0.05, 0) is 30.3 Å². The number of hydrogen-bond donors (Lipinski definition) is 2. The van der Waals surface area contributed by atoms with Gasteiger partial charge in [-0.1, -0.05) is 0 Å². The average molecular weight is 429 g/mol. The fourth-order valence-electron chi connectivity index (χ4n) is 4.05. The topological polar surface area (TPSA) is 88.8 Å². The number of hydrogen-bond acceptors (Lipinski definition) is 8. The average Bonchev–Trinajstić information content (AvgIpc) is 3.34. The van der Waals surface area contributed by atoms with Gasteiger partial charge in [0.1, 0.15) is 24.0 Å². The van der Waals surface area contributed by atoms with E-state index < -0.39 is 0 Å². The molecule has 6 rings (SSSR count). The smallest absolute Gasteiger partial charge is 0.157 e. The SMILES string of the molecule is c1cc2nc(-c3ccc4c(c3)NCCO4)cc(Nc3ccc(N4CCOCC4)cn3)n2n1. The van der Waals surface area contributed by atoms with Crippen molar-refractivity contribution in [3.8, 4) is 17.0 Å². The second-order valence-corrected chi connectivity index (χ2v) is 7.74. The third-order valence-electron chi connectivity index (χ3n) is 5.69. The van der Waals surface area contributed by atoms with Crippen molar-refractivity contribution in [1.82, 2.24) is 19.6 Å². The lowest BCUT2D eigenvalue weighted by Gasteiger charge is -2.28. The summed E-state index contributed by atoms with van der Waals surface area (Å²) in [5.41, 5.74) is 4.70. The Hall–Kier alpha value is -3.85. The van der Waals surface area contributed by atoms with Gasteiger partial charge in [-0.25, -0.2) is 9.97 Å². The molecular formula is C23H23N7O2. The predicted molar refractivity (Wildman–Crippen MR) is 123 cm³/mol. The maximum atomic E-state index is 5.70. The Balaban J connectivity index is 1.31. The monoisotopic (exact) mass is 429 g/mol. The van der Waals surface area contributed by atoms with Crippen LogP contribution in [0, 0.1) is 0 Å². The third-order valence-corrected chi connectivity index (χ3v) is 5.69. The Morgan fingerprint density at radius 1 is 1.00 bits per heavy atom. The Morgan fingerprint density at radius 3 is 2.81 bits per heavy atom. The van der Waals surface area contributed by atoms with Crippen LogP contribution in [0.25, 0.3) is 16.9 Å². The molecule has 1 aromatic carbocycles. The fourth-order valence-corrected chi connectivity index (χ4v) is 4.05. The molecule has 0 radical (unpaired) electrons. The molecule has 0 amide bonds. The highest BCUT2D eigenvalue weighted by molar-refractivity contribution is 5.74. The summed E-state index contributed by atoms with van der Waals surface area (Å²) in [7, 11) is 0. The van der Waals surface area contributed by atoms with E-state index in [1.807, 2.05) is 36.5 Å². The first-order chi connectivity index (χ1) is 15.8. The highest BCUT2D eigenvalue weighted by Gasteiger charge is 2.15. The highest BCUT2D eigenvalue weighted by atomic mass is 16.5. The minimum atomic E-state index is 0.678. The molecule has 0 unspecified atom stereocenters. The molecule has 0 spiro atoms. The molecular weight excluding hydrogens is 406 g/mol. The van der Waals surface area contributed by atoms with Crippen molar-refractivity contribution in [3.05, 3.63) is 54.9 Å². The number of nitrogens with zero attached hydrogens (tertiary/aromatic N) is 5. The van der Waals surface area contributed by atoms with E-state index in [1.165, 1.54) is 0 Å². The van der Waals surface area contributed by atoms with Crippen molar-refractivity contribution in [2.75, 3.05) is 55.0 Å². The summed E-state index contributed by atoms with van der Waals surface area (Å²) in [4.78, 5) is 11.7. The van der Waals surface area contributed by atoms with Gasteiger partial charge in [-0.15, -0.1) is 0 Å². The molecule has 0 saturated carbocycles. The molecule has 32 heavy (non-hydrogen) atoms. The van der Waals surface area contributed by atoms with Crippen LogP contribution in [0.1, 0.15) is 0 Å². The van der Waals surface area contributed by atoms with Crippen molar-refractivity contribution in [1.29, 1.82) is 0 Å². The van der Waals surface area contributed by atoms with Crippen LogP contribution in [0.4, 0.5) is 23.0 Å². The van der Waals surface area contributed by atoms with E-state index in [4.69, 9.17) is 14.5 Å². The van der Waals surface area contributed by atoms with E-state index in [-0.39, 0.29) is 0 Å². The number of aromatic nitrogens is 4. The molecule has 0 bridgehead atoms. The predicted octanol–water partition coefficient (Wildman–Crippen LogP) is 3.18. The Kier molecular flexibility index (Phi) is 4.73. The number of nitrogens with one attached hydrogen (secondary N) is 2. The normalized spacial score (nSPS) is 15.7. The standard InChI is InChI=1S/C23H23N7O2/c1-3-20-19(24-7-10-32-20)13-16(1)18-14-23(30-22(27-18)5-6-26-30)28-21-4-2-17(15-25-21)29-8-11-31-12-9-29/h1-6,13-15,24H,7-12H2,(H,25,28). The molecule has 3 aromatic heterocycles. The van der Waals surface area contributed by atoms with Gasteiger partial charge in [-0.2, -0.15) is 9.61 Å². The Morgan fingerprint density at radius 2 is 1.94 bits per heavy atom. The van der Waals surface area contributed by atoms with Gasteiger partial charge < -0.3 is 25.0 Å². The maximum Gasteiger partial charge on any atom is 0.157 e. The van der Waals surface area contributed by atoms with Crippen LogP contribution in [-0.4, -0.2) is 59.0 Å². The lowest BCUT2D eigenvalue weighted by atomic mass is 10.1. The van der Waals surface area contributed by atoms with Crippen LogP contribution in [-0.2, 0) is 4.74 Å². The van der Waals surface area contributed by atoms with Gasteiger partial charge in [0.05, 0.1) is 42.7 Å². The van der Waals surface area contributed by atoms with Gasteiger partial charge in [-0.3, -0.25) is 0 Å². The van der Waals surface area contributed by atoms with Crippen LogP contribution in [0.5, 0.6) is 5.75 Å². The number of pyridine rings is 1. The van der Waals surface area contributed by atoms with Crippen LogP contribution >= 0.6 is 0 Å². The van der Waals surface area contributed by atoms with E-state index in [0.717, 1.165) is 78.5 Å². The molecule has 4 aromatic rings. The van der Waals surface area contributed by atoms with Crippen LogP contribution in [0.3, 0.4) is 0 Å². The van der Waals surface area contributed by atoms with E-state index in [2.05, 4.69) is 37.7 Å². The summed E-state index contributed by atoms with van der Waals surface area (Å²) in [6.07, 6.45) is 3.64. The zero-order chi connectivity index (χ0) is 21.3. The van der Waals surface area contributed by atoms with Gasteiger partial charge in [0, 0.05) is 37.3 Å². The number of morpholine rings is 1. The molecule has 5 heterocycles. The van der Waals surface area contributed by atoms with E-state index in [0.29, 0.717) is 6.61 Å². The number of anilines is 4. The molecule has 9 nitrogen and oxygen atoms in total. The molecule has 0 atom stereocenters. The minimum absolute atomic E-state index is 0.678. The summed E-state index contributed by atoms with van der Waals surface area (Å²) in [6, 6.07) is 14.0. The van der Waals surface area contributed by atoms with Gasteiger partial charge >= 0.3 is 0 Å². The van der Waals surface area contributed by atoms with E-state index >= 15 is 0 Å². The molecule has 2 N–H and O–H groups in total. The summed E-state index contributed by atoms with van der Waals surface area (Å²) >= 11 is 0. The lowest BCUT2D eigenvalue weighted by molar-refractivity contribution is 0.122. The number of benzene rings is 1. The van der Waals surface area contributed by atoms with E-state index in [1.54, 1.807) is 10.7 Å². The third kappa shape index (κ3) is 3.56. The summed E-state index contributed by atoms with van der Waals surface area (Å²) in [5, 5.41) is 11.2. The molecule has 1 saturated heterocycles. The second-order valence-electron chi connectivity index (χ2n) is 7.74. The summed E-state index contributed by atoms with van der Waals surface area (Å²) in [6.45, 7) is 4.75. The number of fused-ring (bicyclic) bond motifs is 2. The van der Waals surface area contributed by atoms with Gasteiger partial charge in [0.15, 0.2) is 5.65 Å². The van der Waals surface area contributed by atoms with E-state index in [9.17, 15) is 0 Å². The molecule has 0 aliphatic carbocycles. The largest absolute Gasteiger partial charge is 0.490 e. The van der Waals surface area contributed by atoms with Crippen molar-refractivity contribution in [2.24, 2.45) is 0 Å². The first-order valence-electron chi connectivity index (χ1n) is 10.8. The van der Waals surface area contributed by atoms with Gasteiger partial charge in [0.2, 0.25) is 0 Å². The first kappa shape index (κ1) is 18.9. The molecule has 1 fully saturated rings. The van der Waals surface area contributed by atoms with Crippen molar-refractivity contribution < 1.29 is 9.47 Å². The Labute approximate surface area is 185 Å². The first-order valence-corrected chi connectivity index (χ1v) is 10.8. The number of rotatable bonds is 4. The van der Waals surface area contributed by atoms with Crippen LogP contribution < -0.4 is 20.3 Å². The quantitative estimate of drug-likeness (QED) is 0.511. The summed E-state index contributed by atoms with van der Waals surface area (Å²) in [5.74, 6) is 2.41. The molecule has 9 heteroatoms. The molecule has 2 aliphatic rings.